The highest BCUT2D eigenvalue weighted by Gasteiger charge is 2.49. The van der Waals surface area contributed by atoms with Gasteiger partial charge in [-0.15, -0.1) is 0 Å². The molecular formula is C16H24N4O. The maximum absolute atomic E-state index is 12.8. The van der Waals surface area contributed by atoms with Gasteiger partial charge in [-0.3, -0.25) is 4.79 Å². The molecule has 5 heteroatoms. The van der Waals surface area contributed by atoms with Crippen molar-refractivity contribution in [1.29, 1.82) is 5.26 Å². The van der Waals surface area contributed by atoms with Crippen molar-refractivity contribution in [3.63, 3.8) is 0 Å². The van der Waals surface area contributed by atoms with Gasteiger partial charge in [0.05, 0.1) is 6.07 Å². The number of nitrogens with zero attached hydrogens (tertiary/aromatic N) is 4. The van der Waals surface area contributed by atoms with Crippen LogP contribution in [-0.4, -0.2) is 20.5 Å². The van der Waals surface area contributed by atoms with Gasteiger partial charge in [0.2, 0.25) is 0 Å². The van der Waals surface area contributed by atoms with Crippen LogP contribution in [0.4, 0.5) is 0 Å². The Kier molecular flexibility index (Phi) is 4.18. The lowest BCUT2D eigenvalue weighted by atomic mass is 9.61. The van der Waals surface area contributed by atoms with E-state index in [1.807, 2.05) is 18.5 Å². The Hall–Kier alpha value is -1.70. The van der Waals surface area contributed by atoms with Crippen molar-refractivity contribution in [1.82, 2.24) is 14.8 Å². The number of rotatable bonds is 4. The molecule has 21 heavy (non-hydrogen) atoms. The first-order chi connectivity index (χ1) is 9.81. The molecule has 0 aromatic carbocycles. The fraction of sp³-hybridized carbons (Fsp3) is 0.750. The van der Waals surface area contributed by atoms with E-state index in [1.165, 1.54) is 6.33 Å². The second-order valence-electron chi connectivity index (χ2n) is 7.19. The van der Waals surface area contributed by atoms with Gasteiger partial charge in [0.15, 0.2) is 5.78 Å². The van der Waals surface area contributed by atoms with Crippen molar-refractivity contribution in [3.05, 3.63) is 12.2 Å². The lowest BCUT2D eigenvalue weighted by Crippen LogP contribution is -2.45. The number of hydrogen-bond donors (Lipinski definition) is 0. The van der Waals surface area contributed by atoms with Crippen molar-refractivity contribution >= 4 is 5.78 Å². The topological polar surface area (TPSA) is 71.6 Å². The zero-order valence-corrected chi connectivity index (χ0v) is 13.4. The van der Waals surface area contributed by atoms with E-state index in [2.05, 4.69) is 30.0 Å². The highest BCUT2D eigenvalue weighted by Crippen LogP contribution is 2.44. The summed E-state index contributed by atoms with van der Waals surface area (Å²) in [6.07, 6.45) is 4.28. The van der Waals surface area contributed by atoms with E-state index in [1.54, 1.807) is 0 Å². The van der Waals surface area contributed by atoms with E-state index in [0.29, 0.717) is 18.8 Å². The Labute approximate surface area is 126 Å². The number of hydrogen-bond acceptors (Lipinski definition) is 4. The maximum Gasteiger partial charge on any atom is 0.159 e. The van der Waals surface area contributed by atoms with Crippen LogP contribution in [0.2, 0.25) is 0 Å². The monoisotopic (exact) mass is 288 g/mol. The summed E-state index contributed by atoms with van der Waals surface area (Å²) < 4.78 is 1.83. The van der Waals surface area contributed by atoms with Gasteiger partial charge in [0, 0.05) is 18.4 Å². The van der Waals surface area contributed by atoms with Gasteiger partial charge in [-0.1, -0.05) is 34.1 Å². The predicted molar refractivity (Wildman–Crippen MR) is 79.2 cm³/mol. The summed E-state index contributed by atoms with van der Waals surface area (Å²) in [5.74, 6) is 1.25. The molecule has 0 aliphatic heterocycles. The Morgan fingerprint density at radius 3 is 2.76 bits per heavy atom. The van der Waals surface area contributed by atoms with Crippen LogP contribution in [0.15, 0.2) is 6.33 Å². The summed E-state index contributed by atoms with van der Waals surface area (Å²) in [6.45, 7) is 8.87. The van der Waals surface area contributed by atoms with Crippen molar-refractivity contribution < 1.29 is 4.79 Å². The highest BCUT2D eigenvalue weighted by molar-refractivity contribution is 5.93. The number of carbonyl (C=O) groups is 1. The number of Topliss-reactive ketones (excluding diaryl/α,β-unsaturated/α-hetero) is 1. The average molecular weight is 288 g/mol. The zero-order valence-electron chi connectivity index (χ0n) is 13.4. The van der Waals surface area contributed by atoms with Crippen molar-refractivity contribution in [3.8, 4) is 6.07 Å². The summed E-state index contributed by atoms with van der Waals surface area (Å²) in [5.41, 5.74) is -1.36. The lowest BCUT2D eigenvalue weighted by Gasteiger charge is -2.38. The summed E-state index contributed by atoms with van der Waals surface area (Å²) in [6, 6.07) is 2.31. The van der Waals surface area contributed by atoms with Crippen LogP contribution in [0, 0.1) is 28.1 Å². The third-order valence-corrected chi connectivity index (χ3v) is 4.36. The number of ketones is 1. The van der Waals surface area contributed by atoms with Crippen LogP contribution in [-0.2, 0) is 17.8 Å². The van der Waals surface area contributed by atoms with Crippen LogP contribution < -0.4 is 0 Å². The fourth-order valence-corrected chi connectivity index (χ4v) is 3.22. The quantitative estimate of drug-likeness (QED) is 0.854. The molecule has 0 spiro atoms. The van der Waals surface area contributed by atoms with Gasteiger partial charge in [0.1, 0.15) is 17.6 Å². The van der Waals surface area contributed by atoms with E-state index >= 15 is 0 Å². The zero-order chi connectivity index (χ0) is 15.7. The predicted octanol–water partition coefficient (Wildman–Crippen LogP) is 2.77. The molecule has 1 fully saturated rings. The molecule has 0 N–H and O–H groups in total. The molecule has 1 aromatic heterocycles. The van der Waals surface area contributed by atoms with E-state index < -0.39 is 10.8 Å². The summed E-state index contributed by atoms with van der Waals surface area (Å²) in [7, 11) is 0. The van der Waals surface area contributed by atoms with Crippen molar-refractivity contribution in [2.45, 2.75) is 59.9 Å². The first kappa shape index (κ1) is 15.7. The molecule has 1 aliphatic carbocycles. The van der Waals surface area contributed by atoms with Crippen LogP contribution in [0.3, 0.4) is 0 Å². The van der Waals surface area contributed by atoms with Crippen LogP contribution in [0.25, 0.3) is 0 Å². The van der Waals surface area contributed by atoms with Crippen LogP contribution in [0.5, 0.6) is 0 Å². The standard InChI is InChI=1S/C16H24N4O/c1-12(2)9-20-13(18-11-19-20)8-16(10-17)7-5-6-15(3,4)14(16)21/h11-12H,5-9H2,1-4H3. The molecule has 1 aromatic rings. The minimum atomic E-state index is -0.941. The fourth-order valence-electron chi connectivity index (χ4n) is 3.22. The largest absolute Gasteiger partial charge is 0.297 e. The smallest absolute Gasteiger partial charge is 0.159 e. The molecule has 1 saturated carbocycles. The normalized spacial score (nSPS) is 25.0. The van der Waals surface area contributed by atoms with E-state index in [9.17, 15) is 10.1 Å². The maximum atomic E-state index is 12.8. The summed E-state index contributed by atoms with van der Waals surface area (Å²) in [5, 5.41) is 13.9. The van der Waals surface area contributed by atoms with Gasteiger partial charge >= 0.3 is 0 Å². The average Bonchev–Trinajstić information content (AvgIpc) is 2.81. The molecule has 0 bridgehead atoms. The van der Waals surface area contributed by atoms with Crippen molar-refractivity contribution in [2.75, 3.05) is 0 Å². The molecular weight excluding hydrogens is 264 g/mol. The van der Waals surface area contributed by atoms with E-state index in [-0.39, 0.29) is 5.78 Å². The third-order valence-electron chi connectivity index (χ3n) is 4.36. The number of carbonyl (C=O) groups excluding carboxylic acids is 1. The second kappa shape index (κ2) is 5.59. The minimum Gasteiger partial charge on any atom is -0.297 e. The molecule has 0 radical (unpaired) electrons. The van der Waals surface area contributed by atoms with E-state index in [0.717, 1.165) is 25.2 Å². The molecule has 2 rings (SSSR count). The molecule has 0 amide bonds. The first-order valence-corrected chi connectivity index (χ1v) is 7.63. The SMILES string of the molecule is CC(C)Cn1ncnc1CC1(C#N)CCCC(C)(C)C1=O. The molecule has 1 heterocycles. The minimum absolute atomic E-state index is 0.0582. The first-order valence-electron chi connectivity index (χ1n) is 7.63. The molecule has 0 saturated heterocycles. The van der Waals surface area contributed by atoms with Gasteiger partial charge < -0.3 is 0 Å². The molecule has 1 atom stereocenters. The van der Waals surface area contributed by atoms with Gasteiger partial charge in [0.25, 0.3) is 0 Å². The molecule has 5 nitrogen and oxygen atoms in total. The number of aromatic nitrogens is 3. The van der Waals surface area contributed by atoms with Gasteiger partial charge in [-0.2, -0.15) is 10.4 Å². The van der Waals surface area contributed by atoms with E-state index in [4.69, 9.17) is 0 Å². The van der Waals surface area contributed by atoms with Gasteiger partial charge in [-0.25, -0.2) is 9.67 Å². The molecule has 1 aliphatic rings. The lowest BCUT2D eigenvalue weighted by molar-refractivity contribution is -0.138. The van der Waals surface area contributed by atoms with Crippen LogP contribution in [0.1, 0.15) is 52.8 Å². The Morgan fingerprint density at radius 2 is 2.14 bits per heavy atom. The van der Waals surface area contributed by atoms with Crippen molar-refractivity contribution in [2.24, 2.45) is 16.7 Å². The van der Waals surface area contributed by atoms with Crippen LogP contribution >= 0.6 is 0 Å². The Balaban J connectivity index is 2.30. The summed E-state index contributed by atoms with van der Waals surface area (Å²) >= 11 is 0. The Bertz CT molecular complexity index is 567. The second-order valence-corrected chi connectivity index (χ2v) is 7.19. The van der Waals surface area contributed by atoms with Gasteiger partial charge in [-0.05, 0) is 18.8 Å². The number of nitriles is 1. The Morgan fingerprint density at radius 1 is 1.43 bits per heavy atom. The molecule has 114 valence electrons. The molecule has 1 unspecified atom stereocenters. The highest BCUT2D eigenvalue weighted by atomic mass is 16.1. The third kappa shape index (κ3) is 2.99. The summed E-state index contributed by atoms with van der Waals surface area (Å²) in [4.78, 5) is 17.1.